The van der Waals surface area contributed by atoms with Crippen LogP contribution < -0.4 is 10.6 Å². The molecule has 1 spiro atoms. The van der Waals surface area contributed by atoms with Crippen LogP contribution >= 0.6 is 11.6 Å². The molecule has 0 saturated carbocycles. The van der Waals surface area contributed by atoms with Gasteiger partial charge in [-0.1, -0.05) is 11.6 Å². The third kappa shape index (κ3) is 4.50. The van der Waals surface area contributed by atoms with E-state index in [2.05, 4.69) is 21.7 Å². The number of nitrogens with zero attached hydrogens (tertiary/aromatic N) is 2. The molecule has 3 aromatic rings. The zero-order valence-corrected chi connectivity index (χ0v) is 22.3. The summed E-state index contributed by atoms with van der Waals surface area (Å²) in [6.07, 6.45) is -1.50. The molecule has 5 atom stereocenters. The van der Waals surface area contributed by atoms with Crippen LogP contribution in [0, 0.1) is 23.0 Å². The number of alkyl halides is 1. The number of H-pyrrole nitrogens is 1. The number of carbonyl (C=O) groups is 2. The van der Waals surface area contributed by atoms with Crippen LogP contribution in [0.5, 0.6) is 0 Å². The van der Waals surface area contributed by atoms with Crippen LogP contribution in [0.2, 0.25) is 5.02 Å². The number of hydrogen-bond acceptors (Lipinski definition) is 5. The lowest BCUT2D eigenvalue weighted by molar-refractivity contribution is -0.135. The molecule has 1 aromatic heterocycles. The Hall–Kier alpha value is -3.59. The van der Waals surface area contributed by atoms with E-state index < -0.39 is 53.0 Å². The number of nitrogens with one attached hydrogen (secondary N) is 3. The molecule has 40 heavy (non-hydrogen) atoms. The average Bonchev–Trinajstić information content (AvgIpc) is 3.22. The van der Waals surface area contributed by atoms with Crippen LogP contribution in [0.3, 0.4) is 0 Å². The highest BCUT2D eigenvalue weighted by molar-refractivity contribution is 6.31. The highest BCUT2D eigenvalue weighted by Crippen LogP contribution is 2.47. The Morgan fingerprint density at radius 2 is 2.10 bits per heavy atom. The number of epoxide rings is 1. The first-order chi connectivity index (χ1) is 18.9. The maximum absolute atomic E-state index is 14.9. The molecule has 2 fully saturated rings. The monoisotopic (exact) mass is 571 g/mol. The number of hydrogen-bond donors (Lipinski definition) is 3. The number of carbonyl (C=O) groups excluding carboxylic acids is 2. The predicted molar refractivity (Wildman–Crippen MR) is 140 cm³/mol. The molecule has 2 unspecified atom stereocenters. The molecule has 2 amide bonds. The third-order valence-corrected chi connectivity index (χ3v) is 8.03. The van der Waals surface area contributed by atoms with Crippen molar-refractivity contribution in [1.29, 1.82) is 5.26 Å². The predicted octanol–water partition coefficient (Wildman–Crippen LogP) is 4.61. The second kappa shape index (κ2) is 9.23. The first-order valence-electron chi connectivity index (χ1n) is 12.8. The molecule has 2 saturated heterocycles. The van der Waals surface area contributed by atoms with Crippen LogP contribution in [0.15, 0.2) is 36.4 Å². The van der Waals surface area contributed by atoms with Crippen LogP contribution in [0.1, 0.15) is 44.1 Å². The number of aromatic nitrogens is 1. The maximum Gasteiger partial charge on any atom is 0.241 e. The van der Waals surface area contributed by atoms with Gasteiger partial charge in [0.1, 0.15) is 35.7 Å². The van der Waals surface area contributed by atoms with E-state index in [0.717, 1.165) is 6.07 Å². The van der Waals surface area contributed by atoms with E-state index >= 15 is 0 Å². The summed E-state index contributed by atoms with van der Waals surface area (Å²) in [5.74, 6) is -2.32. The van der Waals surface area contributed by atoms with Crippen molar-refractivity contribution < 1.29 is 27.5 Å². The first kappa shape index (κ1) is 26.6. The number of anilines is 1. The van der Waals surface area contributed by atoms with Crippen molar-refractivity contribution in [2.24, 2.45) is 0 Å². The summed E-state index contributed by atoms with van der Waals surface area (Å²) in [5, 5.41) is 16.4. The fraction of sp³-hybridized carbons (Fsp3) is 0.393. The lowest BCUT2D eigenvalue weighted by Gasteiger charge is -2.29. The van der Waals surface area contributed by atoms with E-state index in [9.17, 15) is 28.0 Å². The van der Waals surface area contributed by atoms with E-state index in [1.54, 1.807) is 18.2 Å². The number of benzene rings is 2. The van der Waals surface area contributed by atoms with Gasteiger partial charge in [-0.2, -0.15) is 5.26 Å². The average molecular weight is 572 g/mol. The van der Waals surface area contributed by atoms with Crippen LogP contribution in [-0.2, 0) is 19.7 Å². The summed E-state index contributed by atoms with van der Waals surface area (Å²) in [4.78, 5) is 31.3. The second-order valence-electron chi connectivity index (χ2n) is 11.2. The first-order valence-corrected chi connectivity index (χ1v) is 13.2. The smallest absolute Gasteiger partial charge is 0.241 e. The van der Waals surface area contributed by atoms with Gasteiger partial charge in [-0.05, 0) is 49.7 Å². The molecule has 0 bridgehead atoms. The molecule has 208 valence electrons. The number of amides is 2. The summed E-state index contributed by atoms with van der Waals surface area (Å²) < 4.78 is 48.4. The van der Waals surface area contributed by atoms with Crippen molar-refractivity contribution >= 4 is 40.0 Å². The molecule has 3 aliphatic rings. The molecule has 3 aliphatic heterocycles. The minimum atomic E-state index is -1.76. The van der Waals surface area contributed by atoms with Crippen molar-refractivity contribution in [2.45, 2.75) is 62.2 Å². The maximum atomic E-state index is 14.9. The number of nitriles is 1. The highest BCUT2D eigenvalue weighted by Gasteiger charge is 2.57. The second-order valence-corrected chi connectivity index (χ2v) is 11.7. The number of ether oxygens (including phenoxy) is 1. The normalized spacial score (nSPS) is 26.2. The zero-order chi connectivity index (χ0) is 28.6. The van der Waals surface area contributed by atoms with E-state index in [1.165, 1.54) is 30.9 Å². The summed E-state index contributed by atoms with van der Waals surface area (Å²) in [5.41, 5.74) is -1.01. The number of rotatable bonds is 6. The fourth-order valence-electron chi connectivity index (χ4n) is 5.91. The molecule has 2 aromatic carbocycles. The lowest BCUT2D eigenvalue weighted by Crippen LogP contribution is -2.52. The topological polar surface area (TPSA) is 114 Å². The molecule has 12 heteroatoms. The minimum absolute atomic E-state index is 0.0693. The van der Waals surface area contributed by atoms with Crippen molar-refractivity contribution in [3.63, 3.8) is 0 Å². The summed E-state index contributed by atoms with van der Waals surface area (Å²) >= 11 is 6.20. The summed E-state index contributed by atoms with van der Waals surface area (Å²) in [7, 11) is 0. The Kier molecular flexibility index (Phi) is 6.14. The standard InChI is InChI=1S/C28H25ClF3N5O3/c1-27(2,32)10-22(35-24-23(40-24)21-8-16-18(31)6-14(30)7-20(16)34-21)25(38)37-12-28(9-15(37)11-33)17-5-13(29)3-4-19(17)36-26(28)39/h3-8,15,22-24,34-35H,9-10,12H2,1-2H3,(H,36,39)/t15-,22-,23?,24?,28-/m0/s1. The SMILES string of the molecule is CC(C)(F)C[C@H](NC1OC1c1cc2c(F)cc(F)cc2[nH]1)C(=O)N1C[C@]2(C[C@H]1C#N)C(=O)Nc1ccc(Cl)cc12. The molecule has 3 N–H and O–H groups in total. The number of fused-ring (bicyclic) bond motifs is 3. The van der Waals surface area contributed by atoms with Gasteiger partial charge < -0.3 is 19.9 Å². The molecule has 4 heterocycles. The number of likely N-dealkylation sites (tertiary alicyclic amines) is 1. The molecule has 0 aliphatic carbocycles. The van der Waals surface area contributed by atoms with Crippen molar-refractivity contribution in [3.05, 3.63) is 64.3 Å². The molecular weight excluding hydrogens is 547 g/mol. The van der Waals surface area contributed by atoms with Gasteiger partial charge in [0.2, 0.25) is 11.8 Å². The van der Waals surface area contributed by atoms with E-state index in [0.29, 0.717) is 22.0 Å². The molecule has 8 nitrogen and oxygen atoms in total. The molecular formula is C28H25ClF3N5O3. The Bertz CT molecular complexity index is 1600. The number of aromatic amines is 1. The Morgan fingerprint density at radius 1 is 1.32 bits per heavy atom. The summed E-state index contributed by atoms with van der Waals surface area (Å²) in [6.45, 7) is 2.60. The van der Waals surface area contributed by atoms with Crippen LogP contribution in [0.25, 0.3) is 10.9 Å². The highest BCUT2D eigenvalue weighted by atomic mass is 35.5. The van der Waals surface area contributed by atoms with Crippen LogP contribution in [0.4, 0.5) is 18.9 Å². The largest absolute Gasteiger partial charge is 0.356 e. The molecule has 6 rings (SSSR count). The van der Waals surface area contributed by atoms with Gasteiger partial charge in [-0.15, -0.1) is 0 Å². The van der Waals surface area contributed by atoms with Gasteiger partial charge in [0.15, 0.2) is 0 Å². The Balaban J connectivity index is 1.25. The summed E-state index contributed by atoms with van der Waals surface area (Å²) in [6, 6.07) is 8.54. The quantitative estimate of drug-likeness (QED) is 0.374. The van der Waals surface area contributed by atoms with Crippen LogP contribution in [-0.4, -0.2) is 52.2 Å². The fourth-order valence-corrected chi connectivity index (χ4v) is 6.08. The van der Waals surface area contributed by atoms with Crippen molar-refractivity contribution in [3.8, 4) is 6.07 Å². The zero-order valence-electron chi connectivity index (χ0n) is 21.5. The third-order valence-electron chi connectivity index (χ3n) is 7.79. The van der Waals surface area contributed by atoms with E-state index in [-0.39, 0.29) is 36.2 Å². The van der Waals surface area contributed by atoms with E-state index in [4.69, 9.17) is 16.3 Å². The van der Waals surface area contributed by atoms with Gasteiger partial charge in [-0.25, -0.2) is 13.2 Å². The Morgan fingerprint density at radius 3 is 2.83 bits per heavy atom. The molecule has 0 radical (unpaired) electrons. The van der Waals surface area contributed by atoms with Gasteiger partial charge >= 0.3 is 0 Å². The van der Waals surface area contributed by atoms with Gasteiger partial charge in [-0.3, -0.25) is 14.9 Å². The number of halogens is 4. The van der Waals surface area contributed by atoms with Gasteiger partial charge in [0.05, 0.1) is 23.0 Å². The Labute approximate surface area is 232 Å². The lowest BCUT2D eigenvalue weighted by atomic mass is 9.80. The van der Waals surface area contributed by atoms with Crippen molar-refractivity contribution in [1.82, 2.24) is 15.2 Å². The van der Waals surface area contributed by atoms with Crippen molar-refractivity contribution in [2.75, 3.05) is 11.9 Å². The van der Waals surface area contributed by atoms with Gasteiger partial charge in [0, 0.05) is 47.2 Å². The van der Waals surface area contributed by atoms with E-state index in [1.807, 2.05) is 0 Å². The van der Waals surface area contributed by atoms with Gasteiger partial charge in [0.25, 0.3) is 0 Å². The minimum Gasteiger partial charge on any atom is -0.356 e.